The molecule has 3 nitrogen and oxygen atoms in total. The zero-order valence-corrected chi connectivity index (χ0v) is 16.4. The smallest absolute Gasteiger partial charge is 0.407 e. The van der Waals surface area contributed by atoms with Crippen LogP contribution in [0.25, 0.3) is 0 Å². The molecule has 0 aromatic heterocycles. The predicted molar refractivity (Wildman–Crippen MR) is 117 cm³/mol. The molecule has 29 heavy (non-hydrogen) atoms. The third-order valence-corrected chi connectivity index (χ3v) is 4.99. The molecule has 146 valence electrons. The van der Waals surface area contributed by atoms with Crippen molar-refractivity contribution in [3.63, 3.8) is 0 Å². The number of hydrogen-bond acceptors (Lipinski definition) is 2. The van der Waals surface area contributed by atoms with Gasteiger partial charge in [0.05, 0.1) is 0 Å². The van der Waals surface area contributed by atoms with Gasteiger partial charge in [-0.1, -0.05) is 97.6 Å². The zero-order valence-electron chi connectivity index (χ0n) is 16.4. The zero-order chi connectivity index (χ0) is 20.4. The van der Waals surface area contributed by atoms with E-state index in [9.17, 15) is 4.79 Å². The molecular weight excluding hydrogens is 358 g/mol. The average Bonchev–Trinajstić information content (AvgIpc) is 2.80. The summed E-state index contributed by atoms with van der Waals surface area (Å²) in [6, 6.07) is 30.0. The highest BCUT2D eigenvalue weighted by atomic mass is 16.5. The van der Waals surface area contributed by atoms with Crippen LogP contribution in [0, 0.1) is 0 Å². The van der Waals surface area contributed by atoms with Crippen LogP contribution in [0.1, 0.15) is 23.1 Å². The molecule has 1 amide bonds. The van der Waals surface area contributed by atoms with E-state index in [1.165, 1.54) is 0 Å². The van der Waals surface area contributed by atoms with Gasteiger partial charge in [-0.25, -0.2) is 4.79 Å². The summed E-state index contributed by atoms with van der Waals surface area (Å²) < 4.78 is 5.41. The number of ether oxygens (including phenoxy) is 1. The Bertz CT molecular complexity index is 906. The molecule has 0 radical (unpaired) electrons. The van der Waals surface area contributed by atoms with E-state index in [0.717, 1.165) is 16.7 Å². The van der Waals surface area contributed by atoms with Gasteiger partial charge in [-0.15, -0.1) is 5.73 Å². The minimum atomic E-state index is -0.445. The molecule has 3 rings (SSSR count). The number of benzene rings is 3. The van der Waals surface area contributed by atoms with E-state index < -0.39 is 11.5 Å². The maximum Gasteiger partial charge on any atom is 0.407 e. The van der Waals surface area contributed by atoms with Crippen molar-refractivity contribution >= 4 is 6.09 Å². The van der Waals surface area contributed by atoms with Crippen molar-refractivity contribution in [3.8, 4) is 0 Å². The Morgan fingerprint density at radius 1 is 0.897 bits per heavy atom. The molecule has 0 saturated carbocycles. The molecule has 0 spiro atoms. The van der Waals surface area contributed by atoms with Crippen molar-refractivity contribution in [2.45, 2.75) is 18.4 Å². The molecule has 0 saturated heterocycles. The third-order valence-electron chi connectivity index (χ3n) is 4.99. The number of carbonyl (C=O) groups is 1. The largest absolute Gasteiger partial charge is 0.445 e. The first-order valence-electron chi connectivity index (χ1n) is 9.64. The number of carbonyl (C=O) groups excluding carboxylic acids is 1. The number of amides is 1. The highest BCUT2D eigenvalue weighted by Gasteiger charge is 2.33. The van der Waals surface area contributed by atoms with Crippen LogP contribution in [-0.4, -0.2) is 12.6 Å². The summed E-state index contributed by atoms with van der Waals surface area (Å²) in [5, 5.41) is 2.97. The monoisotopic (exact) mass is 383 g/mol. The topological polar surface area (TPSA) is 38.3 Å². The van der Waals surface area contributed by atoms with E-state index in [1.54, 1.807) is 0 Å². The molecule has 3 heteroatoms. The van der Waals surface area contributed by atoms with Gasteiger partial charge in [0.1, 0.15) is 6.61 Å². The summed E-state index contributed by atoms with van der Waals surface area (Å²) in [6.45, 7) is 4.35. The van der Waals surface area contributed by atoms with Crippen LogP contribution in [0.15, 0.2) is 109 Å². The van der Waals surface area contributed by atoms with Gasteiger partial charge in [-0.05, 0) is 29.2 Å². The van der Waals surface area contributed by atoms with E-state index in [4.69, 9.17) is 4.74 Å². The Labute approximate surface area is 172 Å². The van der Waals surface area contributed by atoms with Gasteiger partial charge in [-0.2, -0.15) is 0 Å². The minimum Gasteiger partial charge on any atom is -0.445 e. The van der Waals surface area contributed by atoms with E-state index >= 15 is 0 Å². The number of hydrogen-bond donors (Lipinski definition) is 1. The number of nitrogens with one attached hydrogen (secondary N) is 1. The fourth-order valence-corrected chi connectivity index (χ4v) is 3.44. The van der Waals surface area contributed by atoms with E-state index in [0.29, 0.717) is 13.0 Å². The summed E-state index contributed by atoms with van der Waals surface area (Å²) in [5.74, 6) is 0. The average molecular weight is 383 g/mol. The lowest BCUT2D eigenvalue weighted by Gasteiger charge is -2.34. The lowest BCUT2D eigenvalue weighted by atomic mass is 9.72. The van der Waals surface area contributed by atoms with Gasteiger partial charge in [0.2, 0.25) is 0 Å². The van der Waals surface area contributed by atoms with Gasteiger partial charge >= 0.3 is 6.09 Å². The van der Waals surface area contributed by atoms with Crippen LogP contribution >= 0.6 is 0 Å². The molecule has 0 aliphatic carbocycles. The Balaban J connectivity index is 1.82. The second-order valence-corrected chi connectivity index (χ2v) is 6.84. The van der Waals surface area contributed by atoms with Crippen molar-refractivity contribution in [3.05, 3.63) is 126 Å². The van der Waals surface area contributed by atoms with Crippen molar-refractivity contribution in [1.29, 1.82) is 0 Å². The Kier molecular flexibility index (Phi) is 7.05. The second kappa shape index (κ2) is 10.1. The highest BCUT2D eigenvalue weighted by Crippen LogP contribution is 2.35. The lowest BCUT2D eigenvalue weighted by molar-refractivity contribution is 0.137. The molecule has 1 N–H and O–H groups in total. The van der Waals surface area contributed by atoms with Gasteiger partial charge < -0.3 is 10.1 Å². The maximum atomic E-state index is 12.4. The fourth-order valence-electron chi connectivity index (χ4n) is 3.44. The first-order valence-corrected chi connectivity index (χ1v) is 9.64. The minimum absolute atomic E-state index is 0.239. The molecule has 0 aliphatic rings. The normalized spacial score (nSPS) is 10.6. The summed E-state index contributed by atoms with van der Waals surface area (Å²) >= 11 is 0. The first kappa shape index (κ1) is 20.2. The van der Waals surface area contributed by atoms with Crippen molar-refractivity contribution in [1.82, 2.24) is 5.32 Å². The van der Waals surface area contributed by atoms with Crippen LogP contribution in [0.2, 0.25) is 0 Å². The molecule has 0 heterocycles. The van der Waals surface area contributed by atoms with Crippen molar-refractivity contribution in [2.75, 3.05) is 6.54 Å². The van der Waals surface area contributed by atoms with Crippen LogP contribution < -0.4 is 5.32 Å². The number of allylic oxidation sites excluding steroid dienone is 1. The quantitative estimate of drug-likeness (QED) is 0.512. The second-order valence-electron chi connectivity index (χ2n) is 6.84. The Morgan fingerprint density at radius 2 is 1.41 bits per heavy atom. The van der Waals surface area contributed by atoms with E-state index in [-0.39, 0.29) is 6.61 Å². The summed E-state index contributed by atoms with van der Waals surface area (Å²) in [4.78, 5) is 12.4. The summed E-state index contributed by atoms with van der Waals surface area (Å²) in [5.41, 5.74) is 5.61. The van der Waals surface area contributed by atoms with Gasteiger partial charge in [0.15, 0.2) is 0 Å². The molecule has 0 unspecified atom stereocenters. The number of alkyl carbamates (subject to hydrolysis) is 1. The predicted octanol–water partition coefficient (Wildman–Crippen LogP) is 5.63. The van der Waals surface area contributed by atoms with Gasteiger partial charge in [0, 0.05) is 12.0 Å². The SMILES string of the molecule is C=C=CCC(CNC(=O)OCc1ccccc1)(c1ccccc1)c1ccccc1. The van der Waals surface area contributed by atoms with Crippen molar-refractivity contribution < 1.29 is 9.53 Å². The highest BCUT2D eigenvalue weighted by molar-refractivity contribution is 5.67. The molecule has 3 aromatic rings. The molecular formula is C26H25NO2. The Hall–Kier alpha value is -3.55. The van der Waals surface area contributed by atoms with E-state index in [1.807, 2.05) is 72.8 Å². The maximum absolute atomic E-state index is 12.4. The third kappa shape index (κ3) is 5.25. The summed E-state index contributed by atoms with van der Waals surface area (Å²) in [6.07, 6.45) is 2.13. The Morgan fingerprint density at radius 3 is 1.93 bits per heavy atom. The molecule has 0 aliphatic heterocycles. The fraction of sp³-hybridized carbons (Fsp3) is 0.154. The first-order chi connectivity index (χ1) is 14.2. The number of rotatable bonds is 8. The van der Waals surface area contributed by atoms with Crippen LogP contribution in [-0.2, 0) is 16.8 Å². The standard InChI is InChI=1S/C26H25NO2/c1-2-3-19-26(23-15-9-5-10-16-23,24-17-11-6-12-18-24)21-27-25(28)29-20-22-13-7-4-8-14-22/h3-18H,1,19-21H2,(H,27,28). The molecule has 3 aromatic carbocycles. The summed E-state index contributed by atoms with van der Waals surface area (Å²) in [7, 11) is 0. The van der Waals surface area contributed by atoms with E-state index in [2.05, 4.69) is 41.9 Å². The van der Waals surface area contributed by atoms with Crippen LogP contribution in [0.4, 0.5) is 4.79 Å². The molecule has 0 atom stereocenters. The van der Waals surface area contributed by atoms with Crippen LogP contribution in [0.3, 0.4) is 0 Å². The molecule has 0 bridgehead atoms. The van der Waals surface area contributed by atoms with Gasteiger partial charge in [-0.3, -0.25) is 0 Å². The van der Waals surface area contributed by atoms with Crippen molar-refractivity contribution in [2.24, 2.45) is 0 Å². The molecule has 0 fully saturated rings. The van der Waals surface area contributed by atoms with Gasteiger partial charge in [0.25, 0.3) is 0 Å². The van der Waals surface area contributed by atoms with Crippen LogP contribution in [0.5, 0.6) is 0 Å². The lowest BCUT2D eigenvalue weighted by Crippen LogP contribution is -2.41.